The van der Waals surface area contributed by atoms with Gasteiger partial charge in [-0.25, -0.2) is 9.80 Å². The molecule has 3 rings (SSSR count). The SMILES string of the molecule is COCCN(CC(=O)N1N=C(c2ccc(C)c(C)c2)CC1c1ccc(OC)c(OC)c1)C(=O)NC(C)(C)C. The normalized spacial score (nSPS) is 15.2. The zero-order valence-electron chi connectivity index (χ0n) is 23.8. The maximum absolute atomic E-state index is 13.7. The number of hydrogen-bond donors (Lipinski definition) is 1. The van der Waals surface area contributed by atoms with Gasteiger partial charge in [-0.2, -0.15) is 5.10 Å². The second-order valence-corrected chi connectivity index (χ2v) is 10.5. The van der Waals surface area contributed by atoms with Crippen LogP contribution in [0, 0.1) is 13.8 Å². The Bertz CT molecular complexity index is 1190. The summed E-state index contributed by atoms with van der Waals surface area (Å²) in [5.41, 5.74) is 4.54. The maximum Gasteiger partial charge on any atom is 0.318 e. The highest BCUT2D eigenvalue weighted by Gasteiger charge is 2.35. The Labute approximate surface area is 225 Å². The van der Waals surface area contributed by atoms with Gasteiger partial charge in [0.25, 0.3) is 5.91 Å². The molecule has 1 heterocycles. The Hall–Kier alpha value is -3.59. The molecule has 2 aromatic carbocycles. The van der Waals surface area contributed by atoms with E-state index in [9.17, 15) is 9.59 Å². The third-order valence-corrected chi connectivity index (χ3v) is 6.46. The fourth-order valence-corrected chi connectivity index (χ4v) is 4.24. The number of methoxy groups -OCH3 is 3. The van der Waals surface area contributed by atoms with Gasteiger partial charge in [0.2, 0.25) is 0 Å². The average Bonchev–Trinajstić information content (AvgIpc) is 3.32. The van der Waals surface area contributed by atoms with Crippen LogP contribution in [-0.2, 0) is 9.53 Å². The predicted molar refractivity (Wildman–Crippen MR) is 148 cm³/mol. The van der Waals surface area contributed by atoms with Crippen LogP contribution in [0.15, 0.2) is 41.5 Å². The first kappa shape index (κ1) is 29.0. The minimum Gasteiger partial charge on any atom is -0.493 e. The molecule has 206 valence electrons. The topological polar surface area (TPSA) is 92.7 Å². The third kappa shape index (κ3) is 7.04. The molecule has 9 nitrogen and oxygen atoms in total. The number of benzene rings is 2. The molecule has 3 amide bonds. The van der Waals surface area contributed by atoms with E-state index in [2.05, 4.69) is 31.3 Å². The zero-order chi connectivity index (χ0) is 28.0. The fourth-order valence-electron chi connectivity index (χ4n) is 4.24. The first-order chi connectivity index (χ1) is 18.0. The van der Waals surface area contributed by atoms with Gasteiger partial charge in [-0.15, -0.1) is 0 Å². The van der Waals surface area contributed by atoms with Crippen LogP contribution in [0.4, 0.5) is 4.79 Å². The van der Waals surface area contributed by atoms with Crippen LogP contribution in [-0.4, -0.2) is 74.1 Å². The van der Waals surface area contributed by atoms with E-state index in [1.54, 1.807) is 21.3 Å². The quantitative estimate of drug-likeness (QED) is 0.523. The van der Waals surface area contributed by atoms with E-state index in [0.717, 1.165) is 22.4 Å². The molecule has 0 fully saturated rings. The molecule has 0 saturated carbocycles. The highest BCUT2D eigenvalue weighted by atomic mass is 16.5. The van der Waals surface area contributed by atoms with Crippen LogP contribution >= 0.6 is 0 Å². The summed E-state index contributed by atoms with van der Waals surface area (Å²) in [6.07, 6.45) is 0.524. The van der Waals surface area contributed by atoms with Gasteiger partial charge in [0, 0.05) is 25.6 Å². The Kier molecular flexibility index (Phi) is 9.38. The molecule has 1 aliphatic heterocycles. The maximum atomic E-state index is 13.7. The number of urea groups is 1. The Morgan fingerprint density at radius 1 is 1.03 bits per heavy atom. The van der Waals surface area contributed by atoms with E-state index in [-0.39, 0.29) is 31.1 Å². The van der Waals surface area contributed by atoms with Crippen LogP contribution in [0.25, 0.3) is 0 Å². The molecule has 0 aromatic heterocycles. The number of carbonyl (C=O) groups excluding carboxylic acids is 2. The van der Waals surface area contributed by atoms with Crippen molar-refractivity contribution in [3.8, 4) is 11.5 Å². The summed E-state index contributed by atoms with van der Waals surface area (Å²) in [5, 5.41) is 9.22. The number of nitrogens with one attached hydrogen (secondary N) is 1. The molecule has 0 saturated heterocycles. The Balaban J connectivity index is 1.97. The minimum absolute atomic E-state index is 0.140. The molecular formula is C29H40N4O5. The third-order valence-electron chi connectivity index (χ3n) is 6.46. The van der Waals surface area contributed by atoms with Crippen LogP contribution in [0.3, 0.4) is 0 Å². The molecular weight excluding hydrogens is 484 g/mol. The molecule has 0 radical (unpaired) electrons. The molecule has 1 N–H and O–H groups in total. The monoisotopic (exact) mass is 524 g/mol. The summed E-state index contributed by atoms with van der Waals surface area (Å²) in [4.78, 5) is 28.2. The summed E-state index contributed by atoms with van der Waals surface area (Å²) < 4.78 is 16.1. The van der Waals surface area contributed by atoms with Crippen molar-refractivity contribution in [2.75, 3.05) is 41.0 Å². The van der Waals surface area contributed by atoms with Gasteiger partial charge in [-0.1, -0.05) is 18.2 Å². The van der Waals surface area contributed by atoms with Gasteiger partial charge in [-0.3, -0.25) is 4.79 Å². The van der Waals surface area contributed by atoms with E-state index in [0.29, 0.717) is 24.5 Å². The van der Waals surface area contributed by atoms with Gasteiger partial charge in [-0.05, 0) is 75.1 Å². The Morgan fingerprint density at radius 2 is 1.74 bits per heavy atom. The van der Waals surface area contributed by atoms with Gasteiger partial charge in [0.15, 0.2) is 11.5 Å². The lowest BCUT2D eigenvalue weighted by Crippen LogP contribution is -2.52. The standard InChI is InChI=1S/C29H40N4O5/c1-19-9-10-21(15-20(19)2)23-17-24(22-11-12-25(37-7)26(16-22)38-8)33(31-23)27(34)18-32(13-14-36-6)28(35)30-29(3,4)5/h9-12,15-16,24H,13-14,17-18H2,1-8H3,(H,30,35). The second-order valence-electron chi connectivity index (χ2n) is 10.5. The van der Waals surface area contributed by atoms with Crippen molar-refractivity contribution in [3.05, 3.63) is 58.7 Å². The number of aryl methyl sites for hydroxylation is 2. The lowest BCUT2D eigenvalue weighted by atomic mass is 9.96. The largest absolute Gasteiger partial charge is 0.493 e. The lowest BCUT2D eigenvalue weighted by molar-refractivity contribution is -0.133. The Morgan fingerprint density at radius 3 is 2.34 bits per heavy atom. The average molecular weight is 525 g/mol. The van der Waals surface area contributed by atoms with Crippen LogP contribution < -0.4 is 14.8 Å². The molecule has 1 unspecified atom stereocenters. The summed E-state index contributed by atoms with van der Waals surface area (Å²) in [6.45, 7) is 10.3. The molecule has 0 spiro atoms. The fraction of sp³-hybridized carbons (Fsp3) is 0.483. The summed E-state index contributed by atoms with van der Waals surface area (Å²) in [5.74, 6) is 0.888. The van der Waals surface area contributed by atoms with Gasteiger partial charge >= 0.3 is 6.03 Å². The summed E-state index contributed by atoms with van der Waals surface area (Å²) in [6, 6.07) is 11.1. The number of hydrogen-bond acceptors (Lipinski definition) is 6. The van der Waals surface area contributed by atoms with E-state index in [1.165, 1.54) is 15.5 Å². The smallest absolute Gasteiger partial charge is 0.318 e. The molecule has 1 atom stereocenters. The van der Waals surface area contributed by atoms with Crippen molar-refractivity contribution < 1.29 is 23.8 Å². The van der Waals surface area contributed by atoms with Crippen molar-refractivity contribution >= 4 is 17.6 Å². The van der Waals surface area contributed by atoms with Gasteiger partial charge in [0.1, 0.15) is 6.54 Å². The first-order valence-corrected chi connectivity index (χ1v) is 12.7. The van der Waals surface area contributed by atoms with Gasteiger partial charge < -0.3 is 24.4 Å². The summed E-state index contributed by atoms with van der Waals surface area (Å²) in [7, 11) is 4.73. The molecule has 0 aliphatic carbocycles. The predicted octanol–water partition coefficient (Wildman–Crippen LogP) is 4.45. The number of carbonyl (C=O) groups is 2. The van der Waals surface area contributed by atoms with Crippen molar-refractivity contribution in [2.45, 2.75) is 52.6 Å². The number of amides is 3. The van der Waals surface area contributed by atoms with Crippen molar-refractivity contribution in [2.24, 2.45) is 5.10 Å². The van der Waals surface area contributed by atoms with E-state index in [1.807, 2.05) is 45.0 Å². The van der Waals surface area contributed by atoms with Crippen LogP contribution in [0.1, 0.15) is 55.5 Å². The van der Waals surface area contributed by atoms with E-state index in [4.69, 9.17) is 19.3 Å². The number of hydrazone groups is 1. The highest BCUT2D eigenvalue weighted by Crippen LogP contribution is 2.37. The molecule has 9 heteroatoms. The van der Waals surface area contributed by atoms with Crippen molar-refractivity contribution in [3.63, 3.8) is 0 Å². The minimum atomic E-state index is -0.449. The van der Waals surface area contributed by atoms with Crippen LogP contribution in [0.2, 0.25) is 0 Å². The zero-order valence-corrected chi connectivity index (χ0v) is 23.8. The van der Waals surface area contributed by atoms with E-state index < -0.39 is 5.54 Å². The molecule has 1 aliphatic rings. The molecule has 38 heavy (non-hydrogen) atoms. The van der Waals surface area contributed by atoms with Gasteiger partial charge in [0.05, 0.1) is 32.6 Å². The van der Waals surface area contributed by atoms with Crippen molar-refractivity contribution in [1.29, 1.82) is 0 Å². The van der Waals surface area contributed by atoms with Crippen molar-refractivity contribution in [1.82, 2.24) is 15.2 Å². The number of nitrogens with zero attached hydrogens (tertiary/aromatic N) is 3. The second kappa shape index (κ2) is 12.3. The summed E-state index contributed by atoms with van der Waals surface area (Å²) >= 11 is 0. The first-order valence-electron chi connectivity index (χ1n) is 12.7. The van der Waals surface area contributed by atoms with Crippen LogP contribution in [0.5, 0.6) is 11.5 Å². The number of rotatable bonds is 9. The molecule has 0 bridgehead atoms. The molecule has 2 aromatic rings. The lowest BCUT2D eigenvalue weighted by Gasteiger charge is -2.30. The highest BCUT2D eigenvalue weighted by molar-refractivity contribution is 6.03. The number of ether oxygens (including phenoxy) is 3. The van der Waals surface area contributed by atoms with E-state index >= 15 is 0 Å².